The fourth-order valence-electron chi connectivity index (χ4n) is 1.91. The summed E-state index contributed by atoms with van der Waals surface area (Å²) in [4.78, 5) is 0.194. The third kappa shape index (κ3) is 2.69. The van der Waals surface area contributed by atoms with Crippen molar-refractivity contribution in [1.82, 2.24) is 4.31 Å². The third-order valence-corrected chi connectivity index (χ3v) is 5.65. The van der Waals surface area contributed by atoms with Gasteiger partial charge in [-0.1, -0.05) is 0 Å². The number of halogens is 1. The van der Waals surface area contributed by atoms with Crippen LogP contribution in [0, 0.1) is 0 Å². The van der Waals surface area contributed by atoms with Gasteiger partial charge >= 0.3 is 0 Å². The summed E-state index contributed by atoms with van der Waals surface area (Å²) in [6.07, 6.45) is 0.558. The first-order valence-electron chi connectivity index (χ1n) is 5.64. The average Bonchev–Trinajstić information content (AvgIpc) is 2.33. The second-order valence-corrected chi connectivity index (χ2v) is 7.11. The number of nitrogens with two attached hydrogens (primary N) is 1. The highest BCUT2D eigenvalue weighted by molar-refractivity contribution is 9.10. The van der Waals surface area contributed by atoms with Gasteiger partial charge in [-0.15, -0.1) is 0 Å². The molecule has 0 aromatic heterocycles. The van der Waals surface area contributed by atoms with Crippen LogP contribution < -0.4 is 5.73 Å². The normalized spacial score (nSPS) is 19.0. The maximum Gasteiger partial charge on any atom is 0.243 e. The van der Waals surface area contributed by atoms with Gasteiger partial charge in [0, 0.05) is 23.2 Å². The summed E-state index contributed by atoms with van der Waals surface area (Å²) in [7, 11) is -3.50. The molecule has 3 N–H and O–H groups in total. The predicted octanol–water partition coefficient (Wildman–Crippen LogP) is 1.18. The van der Waals surface area contributed by atoms with Gasteiger partial charge in [-0.25, -0.2) is 8.42 Å². The van der Waals surface area contributed by atoms with E-state index in [1.54, 1.807) is 6.07 Å². The zero-order valence-corrected chi connectivity index (χ0v) is 12.1. The monoisotopic (exact) mass is 334 g/mol. The Balaban J connectivity index is 2.27. The minimum atomic E-state index is -3.50. The molecule has 0 saturated carbocycles. The number of aliphatic hydroxyl groups is 1. The molecule has 0 aliphatic carbocycles. The number of hydrogen-bond acceptors (Lipinski definition) is 4. The second-order valence-electron chi connectivity index (χ2n) is 4.32. The molecule has 1 aromatic carbocycles. The molecule has 1 aliphatic heterocycles. The Hall–Kier alpha value is -0.630. The van der Waals surface area contributed by atoms with Gasteiger partial charge in [0.05, 0.1) is 11.0 Å². The Bertz CT molecular complexity index is 539. The number of sulfonamides is 1. The molecule has 0 bridgehead atoms. The Morgan fingerprint density at radius 3 is 2.50 bits per heavy atom. The molecule has 100 valence electrons. The van der Waals surface area contributed by atoms with E-state index in [0.717, 1.165) is 0 Å². The lowest BCUT2D eigenvalue weighted by Gasteiger charge is -2.28. The zero-order valence-electron chi connectivity index (χ0n) is 9.71. The Kier molecular flexibility index (Phi) is 3.96. The van der Waals surface area contributed by atoms with Crippen LogP contribution in [0.1, 0.15) is 12.8 Å². The first-order valence-corrected chi connectivity index (χ1v) is 7.88. The van der Waals surface area contributed by atoms with E-state index in [2.05, 4.69) is 15.9 Å². The van der Waals surface area contributed by atoms with Gasteiger partial charge in [0.2, 0.25) is 10.0 Å². The van der Waals surface area contributed by atoms with Gasteiger partial charge in [0.25, 0.3) is 0 Å². The fraction of sp³-hybridized carbons (Fsp3) is 0.455. The van der Waals surface area contributed by atoms with Crippen molar-refractivity contribution < 1.29 is 13.5 Å². The molecule has 0 amide bonds. The summed E-state index contributed by atoms with van der Waals surface area (Å²) < 4.78 is 26.7. The molecule has 5 nitrogen and oxygen atoms in total. The minimum Gasteiger partial charge on any atom is -0.398 e. The maximum absolute atomic E-state index is 12.3. The first-order chi connectivity index (χ1) is 8.41. The first kappa shape index (κ1) is 13.8. The largest absolute Gasteiger partial charge is 0.398 e. The molecule has 0 radical (unpaired) electrons. The summed E-state index contributed by atoms with van der Waals surface area (Å²) in [5.74, 6) is 0. The van der Waals surface area contributed by atoms with Crippen LogP contribution in [0.2, 0.25) is 0 Å². The van der Waals surface area contributed by atoms with E-state index in [4.69, 9.17) is 5.73 Å². The van der Waals surface area contributed by atoms with Crippen molar-refractivity contribution in [3.05, 3.63) is 22.7 Å². The number of rotatable bonds is 2. The molecule has 18 heavy (non-hydrogen) atoms. The van der Waals surface area contributed by atoms with Crippen molar-refractivity contribution in [3.8, 4) is 0 Å². The summed E-state index contributed by atoms with van der Waals surface area (Å²) in [6, 6.07) is 4.60. The standard InChI is InChI=1S/C11H15BrN2O3S/c12-10-2-1-9(7-11(10)13)18(16,17)14-5-3-8(15)4-6-14/h1-2,7-8,15H,3-6,13H2. The van der Waals surface area contributed by atoms with E-state index in [-0.39, 0.29) is 4.90 Å². The van der Waals surface area contributed by atoms with Gasteiger partial charge in [-0.2, -0.15) is 4.31 Å². The van der Waals surface area contributed by atoms with Crippen LogP contribution >= 0.6 is 15.9 Å². The SMILES string of the molecule is Nc1cc(S(=O)(=O)N2CCC(O)CC2)ccc1Br. The quantitative estimate of drug-likeness (QED) is 0.795. The summed E-state index contributed by atoms with van der Waals surface area (Å²) >= 11 is 3.23. The predicted molar refractivity (Wildman–Crippen MR) is 72.6 cm³/mol. The number of benzene rings is 1. The zero-order chi connectivity index (χ0) is 13.3. The van der Waals surface area contributed by atoms with E-state index in [1.165, 1.54) is 16.4 Å². The van der Waals surface area contributed by atoms with Gasteiger partial charge < -0.3 is 10.8 Å². The van der Waals surface area contributed by atoms with Crippen LogP contribution in [0.25, 0.3) is 0 Å². The Labute approximate surface area is 115 Å². The third-order valence-electron chi connectivity index (χ3n) is 3.03. The smallest absolute Gasteiger partial charge is 0.243 e. The van der Waals surface area contributed by atoms with Crippen molar-refractivity contribution >= 4 is 31.6 Å². The molecule has 0 spiro atoms. The van der Waals surface area contributed by atoms with Gasteiger partial charge in [-0.3, -0.25) is 0 Å². The minimum absolute atomic E-state index is 0.194. The van der Waals surface area contributed by atoms with Crippen molar-refractivity contribution in [2.24, 2.45) is 0 Å². The van der Waals surface area contributed by atoms with Crippen LogP contribution in [-0.2, 0) is 10.0 Å². The molecule has 7 heteroatoms. The average molecular weight is 335 g/mol. The van der Waals surface area contributed by atoms with Crippen LogP contribution in [0.15, 0.2) is 27.6 Å². The second kappa shape index (κ2) is 5.16. The number of nitrogens with zero attached hydrogens (tertiary/aromatic N) is 1. The maximum atomic E-state index is 12.3. The van der Waals surface area contributed by atoms with E-state index in [0.29, 0.717) is 36.1 Å². The summed E-state index contributed by atoms with van der Waals surface area (Å²) in [6.45, 7) is 0.693. The number of anilines is 1. The van der Waals surface area contributed by atoms with Crippen LogP contribution in [-0.4, -0.2) is 37.0 Å². The van der Waals surface area contributed by atoms with E-state index in [1.807, 2.05) is 0 Å². The lowest BCUT2D eigenvalue weighted by atomic mass is 10.1. The van der Waals surface area contributed by atoms with Crippen molar-refractivity contribution in [3.63, 3.8) is 0 Å². The lowest BCUT2D eigenvalue weighted by Crippen LogP contribution is -2.40. The highest BCUT2D eigenvalue weighted by atomic mass is 79.9. The topological polar surface area (TPSA) is 83.6 Å². The summed E-state index contributed by atoms with van der Waals surface area (Å²) in [5, 5.41) is 9.40. The lowest BCUT2D eigenvalue weighted by molar-refractivity contribution is 0.113. The molecule has 1 aliphatic rings. The molecule has 0 atom stereocenters. The molecule has 0 unspecified atom stereocenters. The highest BCUT2D eigenvalue weighted by Crippen LogP contribution is 2.26. The molecule has 2 rings (SSSR count). The van der Waals surface area contributed by atoms with Crippen LogP contribution in [0.3, 0.4) is 0 Å². The van der Waals surface area contributed by atoms with Crippen molar-refractivity contribution in [2.75, 3.05) is 18.8 Å². The number of piperidine rings is 1. The number of hydrogen-bond donors (Lipinski definition) is 2. The molecule has 1 aromatic rings. The molecular weight excluding hydrogens is 320 g/mol. The Morgan fingerprint density at radius 1 is 1.33 bits per heavy atom. The van der Waals surface area contributed by atoms with E-state index < -0.39 is 16.1 Å². The van der Waals surface area contributed by atoms with Crippen molar-refractivity contribution in [1.29, 1.82) is 0 Å². The van der Waals surface area contributed by atoms with E-state index >= 15 is 0 Å². The van der Waals surface area contributed by atoms with Gasteiger partial charge in [-0.05, 0) is 47.0 Å². The van der Waals surface area contributed by atoms with Crippen molar-refractivity contribution in [2.45, 2.75) is 23.8 Å². The molecule has 1 fully saturated rings. The van der Waals surface area contributed by atoms with Gasteiger partial charge in [0.15, 0.2) is 0 Å². The molecule has 1 saturated heterocycles. The Morgan fingerprint density at radius 2 is 1.94 bits per heavy atom. The fourth-order valence-corrected chi connectivity index (χ4v) is 3.67. The highest BCUT2D eigenvalue weighted by Gasteiger charge is 2.28. The van der Waals surface area contributed by atoms with Crippen LogP contribution in [0.4, 0.5) is 5.69 Å². The molecular formula is C11H15BrN2O3S. The molecule has 1 heterocycles. The van der Waals surface area contributed by atoms with Gasteiger partial charge in [0.1, 0.15) is 0 Å². The van der Waals surface area contributed by atoms with Crippen LogP contribution in [0.5, 0.6) is 0 Å². The van der Waals surface area contributed by atoms with E-state index in [9.17, 15) is 13.5 Å². The summed E-state index contributed by atoms with van der Waals surface area (Å²) in [5.41, 5.74) is 6.10. The number of aliphatic hydroxyl groups excluding tert-OH is 1. The number of nitrogen functional groups attached to an aromatic ring is 1.